The number of fused-ring (bicyclic) bond motifs is 1. The molecule has 2 saturated carbocycles. The third-order valence-electron chi connectivity index (χ3n) is 5.08. The zero-order chi connectivity index (χ0) is 14.8. The fourth-order valence-electron chi connectivity index (χ4n) is 4.02. The van der Waals surface area contributed by atoms with E-state index in [1.807, 2.05) is 0 Å². The van der Waals surface area contributed by atoms with Gasteiger partial charge < -0.3 is 5.32 Å². The van der Waals surface area contributed by atoms with Crippen LogP contribution >= 0.6 is 0 Å². The van der Waals surface area contributed by atoms with Gasteiger partial charge in [0, 0.05) is 12.1 Å². The van der Waals surface area contributed by atoms with Crippen LogP contribution in [0.1, 0.15) is 44.9 Å². The van der Waals surface area contributed by atoms with Crippen molar-refractivity contribution in [3.05, 3.63) is 34.1 Å². The average molecular weight is 292 g/mol. The van der Waals surface area contributed by atoms with Gasteiger partial charge in [-0.2, -0.15) is 0 Å². The molecule has 3 rings (SSSR count). The van der Waals surface area contributed by atoms with Crippen LogP contribution < -0.4 is 5.32 Å². The minimum Gasteiger partial charge on any atom is -0.374 e. The molecule has 114 valence electrons. The number of nitro benzene ring substituents is 1. The number of rotatable bonds is 3. The predicted molar refractivity (Wildman–Crippen MR) is 79.8 cm³/mol. The molecule has 3 atom stereocenters. The molecular formula is C16H21FN2O2. The molecule has 0 aliphatic heterocycles. The average Bonchev–Trinajstić information content (AvgIpc) is 2.49. The van der Waals surface area contributed by atoms with Gasteiger partial charge in [-0.3, -0.25) is 10.1 Å². The molecule has 1 aromatic carbocycles. The number of benzene rings is 1. The molecule has 0 spiro atoms. The second kappa shape index (κ2) is 6.00. The minimum absolute atomic E-state index is 0.0572. The van der Waals surface area contributed by atoms with Crippen LogP contribution in [-0.4, -0.2) is 11.0 Å². The largest absolute Gasteiger partial charge is 0.374 e. The van der Waals surface area contributed by atoms with E-state index in [-0.39, 0.29) is 17.4 Å². The highest BCUT2D eigenvalue weighted by atomic mass is 19.1. The van der Waals surface area contributed by atoms with Gasteiger partial charge in [-0.15, -0.1) is 0 Å². The lowest BCUT2D eigenvalue weighted by Crippen LogP contribution is -2.34. The third-order valence-corrected chi connectivity index (χ3v) is 5.08. The Morgan fingerprint density at radius 2 is 1.90 bits per heavy atom. The summed E-state index contributed by atoms with van der Waals surface area (Å²) in [5, 5.41) is 14.2. The third kappa shape index (κ3) is 3.01. The van der Waals surface area contributed by atoms with E-state index in [0.717, 1.165) is 25.2 Å². The molecule has 0 heterocycles. The number of hydrogen-bond acceptors (Lipinski definition) is 3. The van der Waals surface area contributed by atoms with E-state index in [1.165, 1.54) is 43.9 Å². The maximum atomic E-state index is 13.9. The molecule has 0 bridgehead atoms. The molecule has 0 amide bonds. The van der Waals surface area contributed by atoms with Crippen molar-refractivity contribution in [2.24, 2.45) is 11.8 Å². The van der Waals surface area contributed by atoms with Crippen molar-refractivity contribution >= 4 is 11.4 Å². The van der Waals surface area contributed by atoms with E-state index in [1.54, 1.807) is 0 Å². The van der Waals surface area contributed by atoms with Crippen molar-refractivity contribution in [3.8, 4) is 0 Å². The smallest absolute Gasteiger partial charge is 0.295 e. The van der Waals surface area contributed by atoms with Crippen LogP contribution in [-0.2, 0) is 0 Å². The first-order chi connectivity index (χ1) is 10.1. The van der Waals surface area contributed by atoms with E-state index in [0.29, 0.717) is 5.92 Å². The Morgan fingerprint density at radius 3 is 2.67 bits per heavy atom. The topological polar surface area (TPSA) is 55.2 Å². The Bertz CT molecular complexity index is 535. The lowest BCUT2D eigenvalue weighted by Gasteiger charge is -2.39. The van der Waals surface area contributed by atoms with Crippen LogP contribution in [0.3, 0.4) is 0 Å². The summed E-state index contributed by atoms with van der Waals surface area (Å²) >= 11 is 0. The standard InChI is InChI=1S/C16H21FN2O2/c17-14-6-3-7-15(19(20)21)16(14)18-13-9-8-11-4-1-2-5-12(11)10-13/h3,6-7,11-13,18H,1-2,4-5,8-10H2. The maximum absolute atomic E-state index is 13.9. The van der Waals surface area contributed by atoms with Gasteiger partial charge in [-0.1, -0.05) is 31.7 Å². The molecule has 21 heavy (non-hydrogen) atoms. The molecule has 2 aliphatic rings. The van der Waals surface area contributed by atoms with Crippen molar-refractivity contribution in [1.29, 1.82) is 0 Å². The second-order valence-corrected chi connectivity index (χ2v) is 6.35. The number of nitrogens with one attached hydrogen (secondary N) is 1. The van der Waals surface area contributed by atoms with Crippen LogP contribution in [0.5, 0.6) is 0 Å². The number of halogens is 1. The van der Waals surface area contributed by atoms with E-state index < -0.39 is 10.7 Å². The SMILES string of the molecule is O=[N+]([O-])c1cccc(F)c1NC1CCC2CCCCC2C1. The van der Waals surface area contributed by atoms with Crippen molar-refractivity contribution < 1.29 is 9.31 Å². The molecule has 0 aromatic heterocycles. The van der Waals surface area contributed by atoms with Crippen molar-refractivity contribution in [2.75, 3.05) is 5.32 Å². The molecule has 1 N–H and O–H groups in total. The van der Waals surface area contributed by atoms with Crippen LogP contribution in [0.4, 0.5) is 15.8 Å². The molecule has 2 fully saturated rings. The Morgan fingerprint density at radius 1 is 1.14 bits per heavy atom. The number of anilines is 1. The van der Waals surface area contributed by atoms with Gasteiger partial charge in [0.2, 0.25) is 0 Å². The Hall–Kier alpha value is -1.65. The van der Waals surface area contributed by atoms with Gasteiger partial charge in [-0.05, 0) is 37.2 Å². The molecule has 4 nitrogen and oxygen atoms in total. The first-order valence-electron chi connectivity index (χ1n) is 7.84. The highest BCUT2D eigenvalue weighted by Crippen LogP contribution is 2.41. The second-order valence-electron chi connectivity index (χ2n) is 6.35. The number of hydrogen-bond donors (Lipinski definition) is 1. The van der Waals surface area contributed by atoms with Crippen LogP contribution in [0.2, 0.25) is 0 Å². The monoisotopic (exact) mass is 292 g/mol. The molecule has 2 aliphatic carbocycles. The number of para-hydroxylation sites is 1. The summed E-state index contributed by atoms with van der Waals surface area (Å²) < 4.78 is 13.9. The first-order valence-corrected chi connectivity index (χ1v) is 7.84. The van der Waals surface area contributed by atoms with Crippen LogP contribution in [0.15, 0.2) is 18.2 Å². The van der Waals surface area contributed by atoms with Crippen molar-refractivity contribution in [2.45, 2.75) is 51.0 Å². The number of nitro groups is 1. The molecular weight excluding hydrogens is 271 g/mol. The Kier molecular flexibility index (Phi) is 4.08. The zero-order valence-electron chi connectivity index (χ0n) is 12.1. The van der Waals surface area contributed by atoms with Gasteiger partial charge in [-0.25, -0.2) is 4.39 Å². The summed E-state index contributed by atoms with van der Waals surface area (Å²) in [6, 6.07) is 4.18. The zero-order valence-corrected chi connectivity index (χ0v) is 12.1. The van der Waals surface area contributed by atoms with Crippen molar-refractivity contribution in [3.63, 3.8) is 0 Å². The van der Waals surface area contributed by atoms with E-state index in [9.17, 15) is 14.5 Å². The molecule has 1 aromatic rings. The summed E-state index contributed by atoms with van der Waals surface area (Å²) in [6.45, 7) is 0. The normalized spacial score (nSPS) is 28.7. The van der Waals surface area contributed by atoms with Gasteiger partial charge in [0.05, 0.1) is 4.92 Å². The summed E-state index contributed by atoms with van der Waals surface area (Å²) in [5.41, 5.74) is -0.109. The van der Waals surface area contributed by atoms with Gasteiger partial charge in [0.25, 0.3) is 5.69 Å². The van der Waals surface area contributed by atoms with Crippen LogP contribution in [0.25, 0.3) is 0 Å². The van der Waals surface area contributed by atoms with Gasteiger partial charge >= 0.3 is 0 Å². The first kappa shape index (κ1) is 14.3. The Balaban J connectivity index is 1.74. The minimum atomic E-state index is -0.532. The lowest BCUT2D eigenvalue weighted by atomic mass is 9.69. The van der Waals surface area contributed by atoms with Crippen LogP contribution in [0, 0.1) is 27.8 Å². The highest BCUT2D eigenvalue weighted by Gasteiger charge is 2.33. The van der Waals surface area contributed by atoms with Crippen molar-refractivity contribution in [1.82, 2.24) is 0 Å². The molecule has 3 unspecified atom stereocenters. The summed E-state index contributed by atoms with van der Waals surface area (Å²) in [7, 11) is 0. The highest BCUT2D eigenvalue weighted by molar-refractivity contribution is 5.62. The summed E-state index contributed by atoms with van der Waals surface area (Å²) in [4.78, 5) is 10.5. The molecule has 0 saturated heterocycles. The van der Waals surface area contributed by atoms with Gasteiger partial charge in [0.15, 0.2) is 5.82 Å². The molecule has 0 radical (unpaired) electrons. The predicted octanol–water partition coefficient (Wildman–Crippen LogP) is 4.50. The fraction of sp³-hybridized carbons (Fsp3) is 0.625. The number of nitrogens with zero attached hydrogens (tertiary/aromatic N) is 1. The Labute approximate surface area is 123 Å². The fourth-order valence-corrected chi connectivity index (χ4v) is 4.02. The quantitative estimate of drug-likeness (QED) is 0.659. The summed E-state index contributed by atoms with van der Waals surface area (Å²) in [6.07, 6.45) is 8.33. The van der Waals surface area contributed by atoms with E-state index in [4.69, 9.17) is 0 Å². The summed E-state index contributed by atoms with van der Waals surface area (Å²) in [5.74, 6) is 0.984. The maximum Gasteiger partial charge on any atom is 0.295 e. The lowest BCUT2D eigenvalue weighted by molar-refractivity contribution is -0.384. The molecule has 5 heteroatoms. The van der Waals surface area contributed by atoms with E-state index >= 15 is 0 Å². The van der Waals surface area contributed by atoms with Gasteiger partial charge in [0.1, 0.15) is 5.69 Å². The van der Waals surface area contributed by atoms with E-state index in [2.05, 4.69) is 5.32 Å².